The molecule has 0 saturated heterocycles. The fourth-order valence-electron chi connectivity index (χ4n) is 3.38. The summed E-state index contributed by atoms with van der Waals surface area (Å²) in [7, 11) is 0. The molecule has 0 unspecified atom stereocenters. The molecule has 3 nitrogen and oxygen atoms in total. The van der Waals surface area contributed by atoms with Gasteiger partial charge >= 0.3 is 0 Å². The minimum absolute atomic E-state index is 0.227. The Hall–Kier alpha value is -1.61. The number of fused-ring (bicyclic) bond motifs is 3. The second-order valence-corrected chi connectivity index (χ2v) is 5.19. The van der Waals surface area contributed by atoms with Gasteiger partial charge in [-0.05, 0) is 30.4 Å². The second kappa shape index (κ2) is 3.20. The van der Waals surface area contributed by atoms with E-state index in [0.29, 0.717) is 17.8 Å². The maximum absolute atomic E-state index is 6.31. The standard InChI is InChI=1S/C14H15N3/c15-13-9-6-5-8(7-9)12(13)14-16-10-3-1-2-4-11(10)17-14/h1-6,8-9,12-13H,7,15H2,(H,16,17)/t8-,9+,12+,13-/m1/s1. The van der Waals surface area contributed by atoms with E-state index in [-0.39, 0.29) is 6.04 Å². The van der Waals surface area contributed by atoms with Gasteiger partial charge < -0.3 is 10.7 Å². The summed E-state index contributed by atoms with van der Waals surface area (Å²) in [5.41, 5.74) is 8.46. The Kier molecular flexibility index (Phi) is 1.77. The normalized spacial score (nSPS) is 34.9. The fourth-order valence-corrected chi connectivity index (χ4v) is 3.38. The quantitative estimate of drug-likeness (QED) is 0.731. The van der Waals surface area contributed by atoms with E-state index in [1.165, 1.54) is 6.42 Å². The Labute approximate surface area is 99.7 Å². The first-order chi connectivity index (χ1) is 8.33. The number of nitrogens with one attached hydrogen (secondary N) is 1. The Morgan fingerprint density at radius 1 is 1.18 bits per heavy atom. The zero-order valence-corrected chi connectivity index (χ0v) is 9.51. The van der Waals surface area contributed by atoms with E-state index in [1.807, 2.05) is 18.2 Å². The van der Waals surface area contributed by atoms with Crippen molar-refractivity contribution in [2.24, 2.45) is 17.6 Å². The summed E-state index contributed by atoms with van der Waals surface area (Å²) in [6, 6.07) is 8.40. The summed E-state index contributed by atoms with van der Waals surface area (Å²) in [5, 5.41) is 0. The van der Waals surface area contributed by atoms with Gasteiger partial charge in [-0.1, -0.05) is 24.3 Å². The van der Waals surface area contributed by atoms with Crippen LogP contribution < -0.4 is 5.73 Å². The predicted molar refractivity (Wildman–Crippen MR) is 67.5 cm³/mol. The number of benzene rings is 1. The molecule has 4 rings (SSSR count). The largest absolute Gasteiger partial charge is 0.342 e. The van der Waals surface area contributed by atoms with Gasteiger partial charge in [0.1, 0.15) is 5.82 Å². The molecule has 86 valence electrons. The molecule has 2 aliphatic carbocycles. The summed E-state index contributed by atoms with van der Waals surface area (Å²) in [6.45, 7) is 0. The number of nitrogens with zero attached hydrogens (tertiary/aromatic N) is 1. The van der Waals surface area contributed by atoms with E-state index in [1.54, 1.807) is 0 Å². The summed E-state index contributed by atoms with van der Waals surface area (Å²) >= 11 is 0. The van der Waals surface area contributed by atoms with Crippen LogP contribution >= 0.6 is 0 Å². The molecule has 1 saturated carbocycles. The Balaban J connectivity index is 1.82. The molecule has 0 spiro atoms. The van der Waals surface area contributed by atoms with Crippen molar-refractivity contribution in [2.45, 2.75) is 18.4 Å². The van der Waals surface area contributed by atoms with Gasteiger partial charge in [-0.15, -0.1) is 0 Å². The molecule has 3 N–H and O–H groups in total. The first kappa shape index (κ1) is 9.42. The number of allylic oxidation sites excluding steroid dienone is 1. The van der Waals surface area contributed by atoms with Gasteiger partial charge in [0.25, 0.3) is 0 Å². The van der Waals surface area contributed by atoms with Crippen molar-refractivity contribution in [3.63, 3.8) is 0 Å². The zero-order chi connectivity index (χ0) is 11.4. The number of rotatable bonds is 1. The Morgan fingerprint density at radius 2 is 2.00 bits per heavy atom. The Bertz CT molecular complexity index is 565. The van der Waals surface area contributed by atoms with E-state index >= 15 is 0 Å². The first-order valence-corrected chi connectivity index (χ1v) is 6.21. The maximum Gasteiger partial charge on any atom is 0.112 e. The molecule has 4 atom stereocenters. The lowest BCUT2D eigenvalue weighted by Gasteiger charge is -2.22. The van der Waals surface area contributed by atoms with Crippen LogP contribution in [0.25, 0.3) is 11.0 Å². The van der Waals surface area contributed by atoms with E-state index in [0.717, 1.165) is 16.9 Å². The molecule has 1 aromatic heterocycles. The molecule has 2 aliphatic rings. The van der Waals surface area contributed by atoms with Gasteiger partial charge in [0.15, 0.2) is 0 Å². The maximum atomic E-state index is 6.31. The third kappa shape index (κ3) is 1.23. The molecular weight excluding hydrogens is 210 g/mol. The van der Waals surface area contributed by atoms with E-state index in [4.69, 9.17) is 10.7 Å². The minimum atomic E-state index is 0.227. The summed E-state index contributed by atoms with van der Waals surface area (Å²) in [4.78, 5) is 8.12. The second-order valence-electron chi connectivity index (χ2n) is 5.19. The van der Waals surface area contributed by atoms with Crippen molar-refractivity contribution in [3.05, 3.63) is 42.2 Å². The highest BCUT2D eigenvalue weighted by Crippen LogP contribution is 2.47. The number of aromatic nitrogens is 2. The average molecular weight is 225 g/mol. The molecule has 0 aliphatic heterocycles. The van der Waals surface area contributed by atoms with Crippen LogP contribution in [0, 0.1) is 11.8 Å². The first-order valence-electron chi connectivity index (χ1n) is 6.21. The number of aromatic amines is 1. The topological polar surface area (TPSA) is 54.7 Å². The molecule has 2 bridgehead atoms. The van der Waals surface area contributed by atoms with Crippen molar-refractivity contribution in [3.8, 4) is 0 Å². The lowest BCUT2D eigenvalue weighted by atomic mass is 9.89. The summed E-state index contributed by atoms with van der Waals surface area (Å²) < 4.78 is 0. The molecule has 17 heavy (non-hydrogen) atoms. The van der Waals surface area contributed by atoms with Crippen LogP contribution in [0.1, 0.15) is 18.2 Å². The van der Waals surface area contributed by atoms with Gasteiger partial charge in [0.2, 0.25) is 0 Å². The fraction of sp³-hybridized carbons (Fsp3) is 0.357. The molecule has 1 aromatic carbocycles. The summed E-state index contributed by atoms with van der Waals surface area (Å²) in [6.07, 6.45) is 5.78. The summed E-state index contributed by atoms with van der Waals surface area (Å²) in [5.74, 6) is 2.57. The molecule has 3 heteroatoms. The smallest absolute Gasteiger partial charge is 0.112 e. The lowest BCUT2D eigenvalue weighted by Crippen LogP contribution is -2.32. The van der Waals surface area contributed by atoms with Crippen molar-refractivity contribution in [1.29, 1.82) is 0 Å². The van der Waals surface area contributed by atoms with Crippen LogP contribution in [0.5, 0.6) is 0 Å². The van der Waals surface area contributed by atoms with E-state index in [2.05, 4.69) is 23.2 Å². The van der Waals surface area contributed by atoms with Gasteiger partial charge in [0.05, 0.1) is 11.0 Å². The SMILES string of the molecule is N[C@H]1[C@@H](c2nc3ccccc3[nH]2)[C@@H]2C=C[C@H]1C2. The minimum Gasteiger partial charge on any atom is -0.342 e. The number of nitrogens with two attached hydrogens (primary N) is 1. The van der Waals surface area contributed by atoms with Crippen LogP contribution in [-0.2, 0) is 0 Å². The van der Waals surface area contributed by atoms with Crippen molar-refractivity contribution in [2.75, 3.05) is 0 Å². The van der Waals surface area contributed by atoms with Crippen LogP contribution in [0.4, 0.5) is 0 Å². The molecule has 0 radical (unpaired) electrons. The highest BCUT2D eigenvalue weighted by molar-refractivity contribution is 5.74. The number of hydrogen-bond donors (Lipinski definition) is 2. The molecule has 1 fully saturated rings. The van der Waals surface area contributed by atoms with Gasteiger partial charge in [-0.3, -0.25) is 0 Å². The number of para-hydroxylation sites is 2. The zero-order valence-electron chi connectivity index (χ0n) is 9.51. The monoisotopic (exact) mass is 225 g/mol. The van der Waals surface area contributed by atoms with Crippen LogP contribution in [0.3, 0.4) is 0 Å². The van der Waals surface area contributed by atoms with Crippen molar-refractivity contribution in [1.82, 2.24) is 9.97 Å². The predicted octanol–water partition coefficient (Wildman–Crippen LogP) is 2.18. The number of imidazole rings is 1. The third-order valence-corrected chi connectivity index (χ3v) is 4.24. The van der Waals surface area contributed by atoms with E-state index < -0.39 is 0 Å². The van der Waals surface area contributed by atoms with Crippen molar-refractivity contribution >= 4 is 11.0 Å². The molecular formula is C14H15N3. The van der Waals surface area contributed by atoms with Gasteiger partial charge in [-0.25, -0.2) is 4.98 Å². The molecule has 1 heterocycles. The van der Waals surface area contributed by atoms with Crippen molar-refractivity contribution < 1.29 is 0 Å². The van der Waals surface area contributed by atoms with E-state index in [9.17, 15) is 0 Å². The molecule has 0 amide bonds. The molecule has 2 aromatic rings. The highest BCUT2D eigenvalue weighted by atomic mass is 14.9. The lowest BCUT2D eigenvalue weighted by molar-refractivity contribution is 0.487. The Morgan fingerprint density at radius 3 is 2.76 bits per heavy atom. The van der Waals surface area contributed by atoms with Crippen LogP contribution in [0.15, 0.2) is 36.4 Å². The average Bonchev–Trinajstić information content (AvgIpc) is 3.00. The number of hydrogen-bond acceptors (Lipinski definition) is 2. The third-order valence-electron chi connectivity index (χ3n) is 4.24. The van der Waals surface area contributed by atoms with Gasteiger partial charge in [-0.2, -0.15) is 0 Å². The highest BCUT2D eigenvalue weighted by Gasteiger charge is 2.44. The number of H-pyrrole nitrogens is 1. The van der Waals surface area contributed by atoms with Crippen LogP contribution in [0.2, 0.25) is 0 Å². The van der Waals surface area contributed by atoms with Crippen LogP contribution in [-0.4, -0.2) is 16.0 Å². The van der Waals surface area contributed by atoms with Gasteiger partial charge in [0, 0.05) is 12.0 Å².